The molecule has 1 saturated heterocycles. The number of hydrogen-bond donors (Lipinski definition) is 0. The molecule has 0 radical (unpaired) electrons. The third-order valence-corrected chi connectivity index (χ3v) is 8.72. The van der Waals surface area contributed by atoms with E-state index in [9.17, 15) is 13.6 Å². The number of carbonyl (C=O) groups is 1. The van der Waals surface area contributed by atoms with E-state index in [1.54, 1.807) is 15.8 Å². The molecule has 1 fully saturated rings. The zero-order valence-corrected chi connectivity index (χ0v) is 28.0. The van der Waals surface area contributed by atoms with Crippen LogP contribution in [-0.4, -0.2) is 62.1 Å². The maximum atomic E-state index is 14.4. The molecule has 7 rings (SSSR count). The second-order valence-electron chi connectivity index (χ2n) is 13.5. The molecule has 0 spiro atoms. The Morgan fingerprint density at radius 2 is 1.61 bits per heavy atom. The number of carbonyl (C=O) groups excluding carboxylic acids is 1. The van der Waals surface area contributed by atoms with E-state index < -0.39 is 17.2 Å². The van der Waals surface area contributed by atoms with Crippen LogP contribution in [-0.2, 0) is 11.3 Å². The highest BCUT2D eigenvalue weighted by Crippen LogP contribution is 2.35. The molecule has 6 aromatic rings. The van der Waals surface area contributed by atoms with Crippen LogP contribution in [0.1, 0.15) is 31.9 Å². The van der Waals surface area contributed by atoms with Gasteiger partial charge in [-0.05, 0) is 81.8 Å². The van der Waals surface area contributed by atoms with Crippen LogP contribution in [0.15, 0.2) is 97.6 Å². The quantitative estimate of drug-likeness (QED) is 0.180. The van der Waals surface area contributed by atoms with Gasteiger partial charge < -0.3 is 19.1 Å². The number of anilines is 1. The molecule has 0 N–H and O–H groups in total. The average Bonchev–Trinajstić information content (AvgIpc) is 3.70. The molecule has 1 aliphatic rings. The van der Waals surface area contributed by atoms with Gasteiger partial charge in [-0.25, -0.2) is 18.6 Å². The lowest BCUT2D eigenvalue weighted by Gasteiger charge is -2.36. The van der Waals surface area contributed by atoms with Crippen LogP contribution < -0.4 is 4.90 Å². The fourth-order valence-corrected chi connectivity index (χ4v) is 6.18. The van der Waals surface area contributed by atoms with Crippen molar-refractivity contribution in [3.05, 3.63) is 120 Å². The largest absolute Gasteiger partial charge is 0.444 e. The number of aromatic nitrogens is 4. The fraction of sp³-hybridized carbons (Fsp3) is 0.256. The standard InChI is InChI=1S/C39H38F2N6O2/c1-26-8-11-32(12-9-26)47-25-35(30-22-43-46(24-30)23-29-18-31(40)10-13-36(29)41)34-20-28(21-42-37(34)47)27-6-5-7-33(19-27)44-14-16-45(17-15-44)38(48)49-39(2,3)4/h5-13,18-22,24-25H,14-17,23H2,1-4H3. The Kier molecular flexibility index (Phi) is 8.40. The van der Waals surface area contributed by atoms with Gasteiger partial charge in [0.25, 0.3) is 0 Å². The summed E-state index contributed by atoms with van der Waals surface area (Å²) < 4.78 is 37.5. The second-order valence-corrected chi connectivity index (χ2v) is 13.5. The molecule has 0 aliphatic carbocycles. The molecule has 3 aromatic carbocycles. The predicted octanol–water partition coefficient (Wildman–Crippen LogP) is 8.25. The topological polar surface area (TPSA) is 68.4 Å². The Labute approximate surface area is 284 Å². The Morgan fingerprint density at radius 3 is 2.37 bits per heavy atom. The summed E-state index contributed by atoms with van der Waals surface area (Å²) in [5, 5.41) is 5.43. The van der Waals surface area contributed by atoms with Crippen molar-refractivity contribution in [2.45, 2.75) is 39.8 Å². The number of benzene rings is 3. The molecule has 0 unspecified atom stereocenters. The summed E-state index contributed by atoms with van der Waals surface area (Å²) in [5.74, 6) is -0.967. The molecule has 1 aliphatic heterocycles. The Bertz CT molecular complexity index is 2140. The smallest absolute Gasteiger partial charge is 0.410 e. The van der Waals surface area contributed by atoms with Gasteiger partial charge in [-0.1, -0.05) is 29.8 Å². The number of nitrogens with zero attached hydrogens (tertiary/aromatic N) is 6. The number of halogens is 2. The summed E-state index contributed by atoms with van der Waals surface area (Å²) in [5.41, 5.74) is 7.44. The lowest BCUT2D eigenvalue weighted by molar-refractivity contribution is 0.0240. The first-order chi connectivity index (χ1) is 23.5. The monoisotopic (exact) mass is 660 g/mol. The van der Waals surface area contributed by atoms with Crippen LogP contribution in [0.4, 0.5) is 19.3 Å². The van der Waals surface area contributed by atoms with Gasteiger partial charge in [0.05, 0.1) is 12.7 Å². The van der Waals surface area contributed by atoms with Gasteiger partial charge in [0, 0.05) is 83.8 Å². The van der Waals surface area contributed by atoms with E-state index >= 15 is 0 Å². The molecule has 8 nitrogen and oxygen atoms in total. The van der Waals surface area contributed by atoms with Crippen molar-refractivity contribution in [1.29, 1.82) is 0 Å². The summed E-state index contributed by atoms with van der Waals surface area (Å²) in [6.45, 7) is 10.4. The number of ether oxygens (including phenoxy) is 1. The summed E-state index contributed by atoms with van der Waals surface area (Å²) >= 11 is 0. The van der Waals surface area contributed by atoms with Gasteiger partial charge in [0.15, 0.2) is 0 Å². The molecular weight excluding hydrogens is 622 g/mol. The average molecular weight is 661 g/mol. The number of amides is 1. The van der Waals surface area contributed by atoms with E-state index in [1.165, 1.54) is 6.07 Å². The minimum absolute atomic E-state index is 0.0997. The third kappa shape index (κ3) is 6.90. The van der Waals surface area contributed by atoms with Crippen molar-refractivity contribution in [3.8, 4) is 27.9 Å². The van der Waals surface area contributed by atoms with E-state index in [1.807, 2.05) is 39.2 Å². The highest BCUT2D eigenvalue weighted by molar-refractivity contribution is 5.97. The van der Waals surface area contributed by atoms with E-state index in [2.05, 4.69) is 76.2 Å². The van der Waals surface area contributed by atoms with E-state index in [0.717, 1.165) is 62.4 Å². The van der Waals surface area contributed by atoms with Crippen LogP contribution in [0.2, 0.25) is 0 Å². The number of pyridine rings is 1. The maximum absolute atomic E-state index is 14.4. The zero-order valence-electron chi connectivity index (χ0n) is 28.0. The summed E-state index contributed by atoms with van der Waals surface area (Å²) in [6, 6.07) is 22.2. The van der Waals surface area contributed by atoms with Gasteiger partial charge in [-0.2, -0.15) is 5.10 Å². The van der Waals surface area contributed by atoms with E-state index in [0.29, 0.717) is 26.2 Å². The number of hydrogen-bond acceptors (Lipinski definition) is 5. The van der Waals surface area contributed by atoms with Crippen molar-refractivity contribution < 1.29 is 18.3 Å². The SMILES string of the molecule is Cc1ccc(-n2cc(-c3cnn(Cc4cc(F)ccc4F)c3)c3cc(-c4cccc(N5CCN(C(=O)OC(C)(C)C)CC5)c4)cnc32)cc1. The van der Waals surface area contributed by atoms with Crippen molar-refractivity contribution in [2.75, 3.05) is 31.1 Å². The van der Waals surface area contributed by atoms with Crippen molar-refractivity contribution in [3.63, 3.8) is 0 Å². The van der Waals surface area contributed by atoms with Crippen molar-refractivity contribution in [1.82, 2.24) is 24.2 Å². The highest BCUT2D eigenvalue weighted by atomic mass is 19.1. The Balaban J connectivity index is 1.21. The van der Waals surface area contributed by atoms with Crippen LogP contribution in [0.25, 0.3) is 39.0 Å². The lowest BCUT2D eigenvalue weighted by Crippen LogP contribution is -2.50. The Morgan fingerprint density at radius 1 is 0.837 bits per heavy atom. The molecule has 0 atom stereocenters. The number of fused-ring (bicyclic) bond motifs is 1. The van der Waals surface area contributed by atoms with Crippen LogP contribution >= 0.6 is 0 Å². The van der Waals surface area contributed by atoms with Crippen molar-refractivity contribution in [2.24, 2.45) is 0 Å². The third-order valence-electron chi connectivity index (χ3n) is 8.72. The molecular formula is C39H38F2N6O2. The zero-order chi connectivity index (χ0) is 34.3. The first-order valence-electron chi connectivity index (χ1n) is 16.4. The summed E-state index contributed by atoms with van der Waals surface area (Å²) in [4.78, 5) is 21.6. The predicted molar refractivity (Wildman–Crippen MR) is 188 cm³/mol. The molecule has 4 heterocycles. The molecule has 3 aromatic heterocycles. The van der Waals surface area contributed by atoms with Gasteiger partial charge >= 0.3 is 6.09 Å². The molecule has 250 valence electrons. The van der Waals surface area contributed by atoms with Gasteiger partial charge in [0.1, 0.15) is 22.9 Å². The number of rotatable bonds is 6. The number of piperazine rings is 1. The fourth-order valence-electron chi connectivity index (χ4n) is 6.18. The van der Waals surface area contributed by atoms with Gasteiger partial charge in [-0.3, -0.25) is 4.68 Å². The molecule has 0 saturated carbocycles. The first-order valence-corrected chi connectivity index (χ1v) is 16.4. The number of aryl methyl sites for hydroxylation is 1. The van der Waals surface area contributed by atoms with Gasteiger partial charge in [-0.15, -0.1) is 0 Å². The van der Waals surface area contributed by atoms with E-state index in [-0.39, 0.29) is 18.2 Å². The normalized spacial score (nSPS) is 13.7. The van der Waals surface area contributed by atoms with Crippen LogP contribution in [0, 0.1) is 18.6 Å². The maximum Gasteiger partial charge on any atom is 0.410 e. The molecule has 1 amide bonds. The lowest BCUT2D eigenvalue weighted by atomic mass is 10.0. The highest BCUT2D eigenvalue weighted by Gasteiger charge is 2.26. The minimum atomic E-state index is -0.526. The molecule has 49 heavy (non-hydrogen) atoms. The summed E-state index contributed by atoms with van der Waals surface area (Å²) in [7, 11) is 0. The van der Waals surface area contributed by atoms with Crippen molar-refractivity contribution >= 4 is 22.8 Å². The molecule has 10 heteroatoms. The van der Waals surface area contributed by atoms with E-state index in [4.69, 9.17) is 9.72 Å². The van der Waals surface area contributed by atoms with Gasteiger partial charge in [0.2, 0.25) is 0 Å². The minimum Gasteiger partial charge on any atom is -0.444 e. The van der Waals surface area contributed by atoms with Crippen LogP contribution in [0.3, 0.4) is 0 Å². The second kappa shape index (κ2) is 12.8. The molecule has 0 bridgehead atoms. The summed E-state index contributed by atoms with van der Waals surface area (Å²) in [6.07, 6.45) is 7.27. The Hall–Kier alpha value is -5.51. The van der Waals surface area contributed by atoms with Crippen LogP contribution in [0.5, 0.6) is 0 Å². The first kappa shape index (κ1) is 32.1.